The van der Waals surface area contributed by atoms with E-state index in [1.54, 1.807) is 0 Å². The van der Waals surface area contributed by atoms with Gasteiger partial charge in [-0.1, -0.05) is 30.5 Å². The fourth-order valence-corrected chi connectivity index (χ4v) is 2.15. The van der Waals surface area contributed by atoms with Crippen LogP contribution < -0.4 is 4.74 Å². The molecule has 0 heterocycles. The summed E-state index contributed by atoms with van der Waals surface area (Å²) in [5.74, 6) is 1.31. The summed E-state index contributed by atoms with van der Waals surface area (Å²) >= 11 is 0. The molecule has 0 saturated heterocycles. The van der Waals surface area contributed by atoms with Crippen LogP contribution in [0.4, 0.5) is 0 Å². The molecule has 1 aromatic carbocycles. The van der Waals surface area contributed by atoms with E-state index in [9.17, 15) is 4.79 Å². The van der Waals surface area contributed by atoms with E-state index in [0.29, 0.717) is 0 Å². The lowest BCUT2D eigenvalue weighted by molar-refractivity contribution is -0.124. The molecule has 0 atom stereocenters. The molecule has 1 aromatic rings. The Balaban J connectivity index is 1.82. The van der Waals surface area contributed by atoms with E-state index in [0.717, 1.165) is 18.6 Å². The zero-order valence-electron chi connectivity index (χ0n) is 9.74. The summed E-state index contributed by atoms with van der Waals surface area (Å²) in [5, 5.41) is 0. The van der Waals surface area contributed by atoms with Crippen LogP contribution in [0, 0.1) is 12.8 Å². The van der Waals surface area contributed by atoms with Crippen LogP contribution in [0.3, 0.4) is 0 Å². The van der Waals surface area contributed by atoms with Crippen LogP contribution in [0.1, 0.15) is 31.2 Å². The molecule has 0 unspecified atom stereocenters. The van der Waals surface area contributed by atoms with Gasteiger partial charge in [-0.2, -0.15) is 0 Å². The minimum absolute atomic E-state index is 0.230. The summed E-state index contributed by atoms with van der Waals surface area (Å²) in [5.41, 5.74) is 1.20. The van der Waals surface area contributed by atoms with Crippen molar-refractivity contribution in [2.45, 2.75) is 32.6 Å². The summed E-state index contributed by atoms with van der Waals surface area (Å²) in [6, 6.07) is 7.82. The van der Waals surface area contributed by atoms with Crippen molar-refractivity contribution in [3.8, 4) is 5.75 Å². The second-order valence-electron chi connectivity index (χ2n) is 4.55. The van der Waals surface area contributed by atoms with Crippen LogP contribution >= 0.6 is 0 Å². The van der Waals surface area contributed by atoms with Gasteiger partial charge in [-0.3, -0.25) is 4.79 Å². The Morgan fingerprint density at radius 3 is 2.50 bits per heavy atom. The van der Waals surface area contributed by atoms with Crippen molar-refractivity contribution in [1.29, 1.82) is 0 Å². The predicted octanol–water partition coefficient (Wildman–Crippen LogP) is 3.13. The van der Waals surface area contributed by atoms with Gasteiger partial charge in [-0.25, -0.2) is 0 Å². The lowest BCUT2D eigenvalue weighted by Gasteiger charge is -2.09. The fourth-order valence-electron chi connectivity index (χ4n) is 2.15. The summed E-state index contributed by atoms with van der Waals surface area (Å²) < 4.78 is 5.49. The molecular formula is C14H18O2. The molecule has 0 amide bonds. The predicted molar refractivity (Wildman–Crippen MR) is 63.6 cm³/mol. The summed E-state index contributed by atoms with van der Waals surface area (Å²) in [6.07, 6.45) is 4.49. The van der Waals surface area contributed by atoms with Gasteiger partial charge in [0.15, 0.2) is 5.78 Å². The average molecular weight is 218 g/mol. The molecule has 1 aliphatic rings. The summed E-state index contributed by atoms with van der Waals surface area (Å²) in [7, 11) is 0. The first-order valence-corrected chi connectivity index (χ1v) is 5.98. The lowest BCUT2D eigenvalue weighted by atomic mass is 10.0. The minimum Gasteiger partial charge on any atom is -0.486 e. The first kappa shape index (κ1) is 11.2. The monoisotopic (exact) mass is 218 g/mol. The van der Waals surface area contributed by atoms with Crippen molar-refractivity contribution in [2.24, 2.45) is 5.92 Å². The third-order valence-corrected chi connectivity index (χ3v) is 3.21. The smallest absolute Gasteiger partial charge is 0.173 e. The number of hydrogen-bond donors (Lipinski definition) is 0. The number of benzene rings is 1. The van der Waals surface area contributed by atoms with Crippen molar-refractivity contribution in [1.82, 2.24) is 0 Å². The second-order valence-corrected chi connectivity index (χ2v) is 4.55. The number of aryl methyl sites for hydroxylation is 1. The van der Waals surface area contributed by atoms with E-state index in [2.05, 4.69) is 0 Å². The Hall–Kier alpha value is -1.31. The zero-order valence-corrected chi connectivity index (χ0v) is 9.74. The highest BCUT2D eigenvalue weighted by Crippen LogP contribution is 2.25. The Bertz CT molecular complexity index is 348. The Morgan fingerprint density at radius 1 is 1.25 bits per heavy atom. The van der Waals surface area contributed by atoms with Crippen LogP contribution in [0.5, 0.6) is 5.75 Å². The van der Waals surface area contributed by atoms with Gasteiger partial charge in [0.1, 0.15) is 12.4 Å². The molecule has 0 N–H and O–H groups in total. The van der Waals surface area contributed by atoms with Crippen molar-refractivity contribution in [3.05, 3.63) is 29.8 Å². The highest BCUT2D eigenvalue weighted by Gasteiger charge is 2.22. The fraction of sp³-hybridized carbons (Fsp3) is 0.500. The Morgan fingerprint density at radius 2 is 1.88 bits per heavy atom. The maximum absolute atomic E-state index is 11.8. The third-order valence-electron chi connectivity index (χ3n) is 3.21. The quantitative estimate of drug-likeness (QED) is 0.776. The molecular weight excluding hydrogens is 200 g/mol. The van der Waals surface area contributed by atoms with Crippen LogP contribution in [0.25, 0.3) is 0 Å². The third kappa shape index (κ3) is 2.84. The van der Waals surface area contributed by atoms with Gasteiger partial charge in [-0.05, 0) is 31.9 Å². The van der Waals surface area contributed by atoms with E-state index in [1.807, 2.05) is 31.2 Å². The Kier molecular flexibility index (Phi) is 3.60. The topological polar surface area (TPSA) is 26.3 Å². The van der Waals surface area contributed by atoms with E-state index < -0.39 is 0 Å². The number of ether oxygens (including phenoxy) is 1. The van der Waals surface area contributed by atoms with E-state index in [1.165, 1.54) is 18.4 Å². The van der Waals surface area contributed by atoms with Crippen LogP contribution in [0.15, 0.2) is 24.3 Å². The molecule has 2 nitrogen and oxygen atoms in total. The molecule has 1 saturated carbocycles. The number of rotatable bonds is 4. The first-order chi connectivity index (χ1) is 7.75. The van der Waals surface area contributed by atoms with E-state index >= 15 is 0 Å². The summed E-state index contributed by atoms with van der Waals surface area (Å²) in [6.45, 7) is 2.27. The second kappa shape index (κ2) is 5.15. The maximum atomic E-state index is 11.8. The van der Waals surface area contributed by atoms with Gasteiger partial charge in [0.05, 0.1) is 0 Å². The molecule has 0 radical (unpaired) electrons. The van der Waals surface area contributed by atoms with E-state index in [-0.39, 0.29) is 18.3 Å². The van der Waals surface area contributed by atoms with Crippen LogP contribution in [0.2, 0.25) is 0 Å². The molecule has 2 rings (SSSR count). The normalized spacial score (nSPS) is 16.3. The maximum Gasteiger partial charge on any atom is 0.173 e. The van der Waals surface area contributed by atoms with Gasteiger partial charge in [0, 0.05) is 5.92 Å². The van der Waals surface area contributed by atoms with Crippen LogP contribution in [-0.2, 0) is 4.79 Å². The van der Waals surface area contributed by atoms with E-state index in [4.69, 9.17) is 4.74 Å². The Labute approximate surface area is 96.6 Å². The van der Waals surface area contributed by atoms with Gasteiger partial charge >= 0.3 is 0 Å². The minimum atomic E-state index is 0.230. The zero-order chi connectivity index (χ0) is 11.4. The molecule has 0 aromatic heterocycles. The standard InChI is InChI=1S/C14H18O2/c1-11-6-8-13(9-7-11)16-10-14(15)12-4-2-3-5-12/h6-9,12H,2-5,10H2,1H3. The largest absolute Gasteiger partial charge is 0.486 e. The average Bonchev–Trinajstić information content (AvgIpc) is 2.81. The number of carbonyl (C=O) groups is 1. The molecule has 86 valence electrons. The van der Waals surface area contributed by atoms with Crippen molar-refractivity contribution >= 4 is 5.78 Å². The highest BCUT2D eigenvalue weighted by atomic mass is 16.5. The molecule has 1 fully saturated rings. The molecule has 0 bridgehead atoms. The SMILES string of the molecule is Cc1ccc(OCC(=O)C2CCCC2)cc1. The molecule has 0 spiro atoms. The van der Waals surface area contributed by atoms with Gasteiger partial charge in [-0.15, -0.1) is 0 Å². The van der Waals surface area contributed by atoms with Gasteiger partial charge < -0.3 is 4.74 Å². The number of carbonyl (C=O) groups excluding carboxylic acids is 1. The van der Waals surface area contributed by atoms with Crippen LogP contribution in [-0.4, -0.2) is 12.4 Å². The highest BCUT2D eigenvalue weighted by molar-refractivity contribution is 5.82. The number of Topliss-reactive ketones (excluding diaryl/α,β-unsaturated/α-hetero) is 1. The van der Waals surface area contributed by atoms with Crippen molar-refractivity contribution < 1.29 is 9.53 Å². The molecule has 1 aliphatic carbocycles. The lowest BCUT2D eigenvalue weighted by Crippen LogP contribution is -2.19. The van der Waals surface area contributed by atoms with Gasteiger partial charge in [0.2, 0.25) is 0 Å². The molecule has 0 aliphatic heterocycles. The van der Waals surface area contributed by atoms with Crippen molar-refractivity contribution in [2.75, 3.05) is 6.61 Å². The molecule has 16 heavy (non-hydrogen) atoms. The number of ketones is 1. The molecule has 2 heteroatoms. The van der Waals surface area contributed by atoms with Crippen molar-refractivity contribution in [3.63, 3.8) is 0 Å². The number of hydrogen-bond acceptors (Lipinski definition) is 2. The first-order valence-electron chi connectivity index (χ1n) is 5.98. The summed E-state index contributed by atoms with van der Waals surface area (Å²) in [4.78, 5) is 11.8. The van der Waals surface area contributed by atoms with Gasteiger partial charge in [0.25, 0.3) is 0 Å².